The number of aromatic nitrogens is 1. The lowest BCUT2D eigenvalue weighted by Gasteiger charge is -2.32. The van der Waals surface area contributed by atoms with E-state index in [9.17, 15) is 9.59 Å². The maximum absolute atomic E-state index is 12.7. The third-order valence-corrected chi connectivity index (χ3v) is 6.21. The number of nitrogens with zero attached hydrogens (tertiary/aromatic N) is 2. The number of likely N-dealkylation sites (tertiary alicyclic amines) is 1. The highest BCUT2D eigenvalue weighted by atomic mass is 32.1. The number of nitrogens with one attached hydrogen (secondary N) is 2. The van der Waals surface area contributed by atoms with Crippen LogP contribution in [0.1, 0.15) is 23.4 Å². The molecule has 1 atom stereocenters. The lowest BCUT2D eigenvalue weighted by molar-refractivity contribution is -0.126. The SMILES string of the molecule is Cc1nc(-c2ccc(CNC(=O)C3CCCN(C(=O)Nc4ccccc4)C3)cc2)cs1. The van der Waals surface area contributed by atoms with Crippen molar-refractivity contribution in [3.8, 4) is 11.3 Å². The zero-order chi connectivity index (χ0) is 21.6. The molecule has 1 unspecified atom stereocenters. The van der Waals surface area contributed by atoms with E-state index in [1.54, 1.807) is 16.2 Å². The third-order valence-electron chi connectivity index (χ3n) is 5.44. The van der Waals surface area contributed by atoms with Gasteiger partial charge in [0.1, 0.15) is 0 Å². The molecule has 3 amide bonds. The number of rotatable bonds is 5. The predicted octanol–water partition coefficient (Wildman–Crippen LogP) is 4.68. The lowest BCUT2D eigenvalue weighted by Crippen LogP contribution is -2.46. The van der Waals surface area contributed by atoms with Crippen LogP contribution in [0.5, 0.6) is 0 Å². The first-order chi connectivity index (χ1) is 15.1. The van der Waals surface area contributed by atoms with Crippen LogP contribution in [-0.4, -0.2) is 34.9 Å². The number of anilines is 1. The number of hydrogen-bond donors (Lipinski definition) is 2. The second-order valence-corrected chi connectivity index (χ2v) is 8.81. The van der Waals surface area contributed by atoms with Gasteiger partial charge in [-0.2, -0.15) is 0 Å². The van der Waals surface area contributed by atoms with Crippen molar-refractivity contribution >= 4 is 29.0 Å². The Morgan fingerprint density at radius 2 is 1.90 bits per heavy atom. The van der Waals surface area contributed by atoms with E-state index in [1.165, 1.54) is 0 Å². The van der Waals surface area contributed by atoms with E-state index in [2.05, 4.69) is 21.0 Å². The molecule has 7 heteroatoms. The third kappa shape index (κ3) is 5.49. The maximum Gasteiger partial charge on any atom is 0.321 e. The minimum absolute atomic E-state index is 0.00332. The molecule has 160 valence electrons. The Balaban J connectivity index is 1.28. The summed E-state index contributed by atoms with van der Waals surface area (Å²) in [5, 5.41) is 9.03. The average Bonchev–Trinajstić information content (AvgIpc) is 3.25. The second-order valence-electron chi connectivity index (χ2n) is 7.75. The fourth-order valence-electron chi connectivity index (χ4n) is 3.72. The summed E-state index contributed by atoms with van der Waals surface area (Å²) in [6, 6.07) is 17.3. The molecule has 0 radical (unpaired) electrons. The minimum atomic E-state index is -0.187. The first kappa shape index (κ1) is 21.1. The van der Waals surface area contributed by atoms with Crippen molar-refractivity contribution in [3.05, 3.63) is 70.5 Å². The summed E-state index contributed by atoms with van der Waals surface area (Å²) >= 11 is 1.64. The van der Waals surface area contributed by atoms with Crippen molar-refractivity contribution in [3.63, 3.8) is 0 Å². The van der Waals surface area contributed by atoms with E-state index >= 15 is 0 Å². The number of thiazole rings is 1. The number of hydrogen-bond acceptors (Lipinski definition) is 4. The van der Waals surface area contributed by atoms with Crippen molar-refractivity contribution in [2.75, 3.05) is 18.4 Å². The Hall–Kier alpha value is -3.19. The van der Waals surface area contributed by atoms with Crippen LogP contribution < -0.4 is 10.6 Å². The first-order valence-electron chi connectivity index (χ1n) is 10.5. The Morgan fingerprint density at radius 1 is 1.13 bits per heavy atom. The Labute approximate surface area is 186 Å². The topological polar surface area (TPSA) is 74.3 Å². The van der Waals surface area contributed by atoms with Gasteiger partial charge in [0, 0.05) is 36.3 Å². The van der Waals surface area contributed by atoms with Gasteiger partial charge in [-0.1, -0.05) is 42.5 Å². The van der Waals surface area contributed by atoms with Crippen molar-refractivity contribution in [2.45, 2.75) is 26.3 Å². The van der Waals surface area contributed by atoms with Gasteiger partial charge in [0.15, 0.2) is 0 Å². The molecule has 0 spiro atoms. The standard InChI is InChI=1S/C24H26N4O2S/c1-17-26-22(16-31-17)19-11-9-18(10-12-19)14-25-23(29)20-6-5-13-28(15-20)24(30)27-21-7-3-2-4-8-21/h2-4,7-12,16,20H,5-6,13-15H2,1H3,(H,25,29)(H,27,30). The summed E-state index contributed by atoms with van der Waals surface area (Å²) in [5.74, 6) is -0.191. The van der Waals surface area contributed by atoms with Gasteiger partial charge in [-0.25, -0.2) is 9.78 Å². The number of piperidine rings is 1. The van der Waals surface area contributed by atoms with Crippen LogP contribution in [0.25, 0.3) is 11.3 Å². The number of para-hydroxylation sites is 1. The van der Waals surface area contributed by atoms with Gasteiger partial charge in [-0.15, -0.1) is 11.3 Å². The number of amides is 3. The Kier molecular flexibility index (Phi) is 6.62. The van der Waals surface area contributed by atoms with Crippen LogP contribution in [-0.2, 0) is 11.3 Å². The molecule has 2 aromatic carbocycles. The largest absolute Gasteiger partial charge is 0.352 e. The molecule has 2 N–H and O–H groups in total. The van der Waals surface area contributed by atoms with Crippen LogP contribution in [0, 0.1) is 12.8 Å². The summed E-state index contributed by atoms with van der Waals surface area (Å²) in [7, 11) is 0. The highest BCUT2D eigenvalue weighted by Gasteiger charge is 2.28. The molecule has 1 fully saturated rings. The van der Waals surface area contributed by atoms with Crippen molar-refractivity contribution < 1.29 is 9.59 Å². The normalized spacial score (nSPS) is 16.0. The lowest BCUT2D eigenvalue weighted by atomic mass is 9.97. The van der Waals surface area contributed by atoms with Crippen LogP contribution >= 0.6 is 11.3 Å². The van der Waals surface area contributed by atoms with Crippen molar-refractivity contribution in [2.24, 2.45) is 5.92 Å². The first-order valence-corrected chi connectivity index (χ1v) is 11.4. The molecule has 3 aromatic rings. The summed E-state index contributed by atoms with van der Waals surface area (Å²) in [5.41, 5.74) is 3.86. The van der Waals surface area contributed by atoms with E-state index in [-0.39, 0.29) is 17.9 Å². The fourth-order valence-corrected chi connectivity index (χ4v) is 4.34. The molecule has 0 bridgehead atoms. The number of carbonyl (C=O) groups is 2. The maximum atomic E-state index is 12.7. The van der Waals surface area contributed by atoms with Crippen LogP contribution in [0.4, 0.5) is 10.5 Å². The molecular formula is C24H26N4O2S. The van der Waals surface area contributed by atoms with Gasteiger partial charge in [0.05, 0.1) is 16.6 Å². The number of urea groups is 1. The highest BCUT2D eigenvalue weighted by Crippen LogP contribution is 2.22. The van der Waals surface area contributed by atoms with Crippen LogP contribution in [0.3, 0.4) is 0 Å². The smallest absolute Gasteiger partial charge is 0.321 e. The number of carbonyl (C=O) groups excluding carboxylic acids is 2. The van der Waals surface area contributed by atoms with E-state index in [4.69, 9.17) is 0 Å². The number of aryl methyl sites for hydroxylation is 1. The molecule has 4 rings (SSSR count). The molecule has 0 saturated carbocycles. The average molecular weight is 435 g/mol. The molecule has 1 aromatic heterocycles. The van der Waals surface area contributed by atoms with Gasteiger partial charge in [0.2, 0.25) is 5.91 Å². The number of benzene rings is 2. The molecule has 0 aliphatic carbocycles. The van der Waals surface area contributed by atoms with E-state index in [1.807, 2.05) is 61.5 Å². The van der Waals surface area contributed by atoms with Gasteiger partial charge >= 0.3 is 6.03 Å². The summed E-state index contributed by atoms with van der Waals surface area (Å²) < 4.78 is 0. The van der Waals surface area contributed by atoms with Crippen LogP contribution in [0.2, 0.25) is 0 Å². The van der Waals surface area contributed by atoms with Gasteiger partial charge in [-0.05, 0) is 37.5 Å². The van der Waals surface area contributed by atoms with E-state index in [0.29, 0.717) is 19.6 Å². The predicted molar refractivity (Wildman–Crippen MR) is 124 cm³/mol. The van der Waals surface area contributed by atoms with E-state index in [0.717, 1.165) is 40.4 Å². The minimum Gasteiger partial charge on any atom is -0.352 e. The highest BCUT2D eigenvalue weighted by molar-refractivity contribution is 7.09. The zero-order valence-electron chi connectivity index (χ0n) is 17.5. The Bertz CT molecular complexity index is 1030. The second kappa shape index (κ2) is 9.75. The van der Waals surface area contributed by atoms with Gasteiger partial charge in [0.25, 0.3) is 0 Å². The molecule has 31 heavy (non-hydrogen) atoms. The van der Waals surface area contributed by atoms with Crippen LogP contribution in [0.15, 0.2) is 60.0 Å². The van der Waals surface area contributed by atoms with E-state index < -0.39 is 0 Å². The summed E-state index contributed by atoms with van der Waals surface area (Å²) in [6.07, 6.45) is 1.62. The van der Waals surface area contributed by atoms with Gasteiger partial charge in [-0.3, -0.25) is 4.79 Å². The molecule has 2 heterocycles. The van der Waals surface area contributed by atoms with Gasteiger partial charge < -0.3 is 15.5 Å². The molecule has 1 aliphatic heterocycles. The summed E-state index contributed by atoms with van der Waals surface area (Å²) in [6.45, 7) is 3.57. The monoisotopic (exact) mass is 434 g/mol. The zero-order valence-corrected chi connectivity index (χ0v) is 18.3. The molecule has 6 nitrogen and oxygen atoms in total. The molecule has 1 saturated heterocycles. The molecule has 1 aliphatic rings. The Morgan fingerprint density at radius 3 is 2.61 bits per heavy atom. The molecular weight excluding hydrogens is 408 g/mol. The van der Waals surface area contributed by atoms with Crippen molar-refractivity contribution in [1.29, 1.82) is 0 Å². The summed E-state index contributed by atoms with van der Waals surface area (Å²) in [4.78, 5) is 31.5. The quantitative estimate of drug-likeness (QED) is 0.612. The van der Waals surface area contributed by atoms with Crippen molar-refractivity contribution in [1.82, 2.24) is 15.2 Å². The fraction of sp³-hybridized carbons (Fsp3) is 0.292.